The standard InChI is InChI=1S/C14H18F3NO2/c1-13(2,3)11(19)8-18-12(20)9-5-4-6-10(7-9)14(15,16)17/h4-7,11,19H,8H2,1-3H3,(H,18,20). The zero-order chi connectivity index (χ0) is 15.6. The van der Waals surface area contributed by atoms with Crippen LogP contribution >= 0.6 is 0 Å². The maximum Gasteiger partial charge on any atom is 0.416 e. The molecule has 0 fully saturated rings. The van der Waals surface area contributed by atoms with E-state index in [4.69, 9.17) is 0 Å². The minimum atomic E-state index is -4.48. The van der Waals surface area contributed by atoms with Gasteiger partial charge in [0.2, 0.25) is 0 Å². The number of aliphatic hydroxyl groups is 1. The minimum Gasteiger partial charge on any atom is -0.391 e. The molecule has 0 radical (unpaired) electrons. The third kappa shape index (κ3) is 4.52. The fourth-order valence-electron chi connectivity index (χ4n) is 1.43. The first-order chi connectivity index (χ1) is 9.01. The van der Waals surface area contributed by atoms with Crippen LogP contribution in [0.15, 0.2) is 24.3 Å². The Morgan fingerprint density at radius 2 is 1.90 bits per heavy atom. The van der Waals surface area contributed by atoms with Crippen LogP contribution < -0.4 is 5.32 Å². The van der Waals surface area contributed by atoms with E-state index >= 15 is 0 Å². The molecule has 1 atom stereocenters. The lowest BCUT2D eigenvalue weighted by atomic mass is 9.89. The first-order valence-electron chi connectivity index (χ1n) is 6.15. The molecular weight excluding hydrogens is 271 g/mol. The van der Waals surface area contributed by atoms with Crippen molar-refractivity contribution in [2.24, 2.45) is 5.41 Å². The molecule has 0 saturated heterocycles. The highest BCUT2D eigenvalue weighted by molar-refractivity contribution is 5.94. The molecule has 0 spiro atoms. The fourth-order valence-corrected chi connectivity index (χ4v) is 1.43. The van der Waals surface area contributed by atoms with E-state index in [2.05, 4.69) is 5.32 Å². The number of carbonyl (C=O) groups is 1. The predicted octanol–water partition coefficient (Wildman–Crippen LogP) is 2.84. The van der Waals surface area contributed by atoms with Crippen LogP contribution in [0.1, 0.15) is 36.7 Å². The molecule has 2 N–H and O–H groups in total. The molecule has 0 saturated carbocycles. The molecule has 1 amide bonds. The summed E-state index contributed by atoms with van der Waals surface area (Å²) in [5.41, 5.74) is -1.37. The van der Waals surface area contributed by atoms with E-state index in [1.165, 1.54) is 12.1 Å². The molecule has 3 nitrogen and oxygen atoms in total. The molecular formula is C14H18F3NO2. The summed E-state index contributed by atoms with van der Waals surface area (Å²) < 4.78 is 37.6. The van der Waals surface area contributed by atoms with Crippen molar-refractivity contribution in [2.45, 2.75) is 33.1 Å². The Balaban J connectivity index is 2.74. The highest BCUT2D eigenvalue weighted by atomic mass is 19.4. The quantitative estimate of drug-likeness (QED) is 0.899. The molecule has 1 aromatic carbocycles. The van der Waals surface area contributed by atoms with Crippen LogP contribution in [0.2, 0.25) is 0 Å². The van der Waals surface area contributed by atoms with Gasteiger partial charge in [-0.2, -0.15) is 13.2 Å². The average Bonchev–Trinajstić information content (AvgIpc) is 2.33. The number of amides is 1. The van der Waals surface area contributed by atoms with E-state index in [1.54, 1.807) is 20.8 Å². The smallest absolute Gasteiger partial charge is 0.391 e. The first kappa shape index (κ1) is 16.5. The molecule has 1 unspecified atom stereocenters. The van der Waals surface area contributed by atoms with E-state index < -0.39 is 29.2 Å². The summed E-state index contributed by atoms with van der Waals surface area (Å²) in [6.07, 6.45) is -5.27. The molecule has 20 heavy (non-hydrogen) atoms. The summed E-state index contributed by atoms with van der Waals surface area (Å²) in [5, 5.41) is 12.2. The van der Waals surface area contributed by atoms with Crippen molar-refractivity contribution >= 4 is 5.91 Å². The molecule has 0 aliphatic heterocycles. The molecule has 0 aliphatic rings. The highest BCUT2D eigenvalue weighted by Crippen LogP contribution is 2.29. The number of benzene rings is 1. The van der Waals surface area contributed by atoms with Crippen LogP contribution in [0.3, 0.4) is 0 Å². The largest absolute Gasteiger partial charge is 0.416 e. The Labute approximate surface area is 115 Å². The Morgan fingerprint density at radius 3 is 2.40 bits per heavy atom. The van der Waals surface area contributed by atoms with Gasteiger partial charge in [0.25, 0.3) is 5.91 Å². The zero-order valence-electron chi connectivity index (χ0n) is 11.6. The normalized spacial score (nSPS) is 13.9. The van der Waals surface area contributed by atoms with Crippen LogP contribution in [0.4, 0.5) is 13.2 Å². The van der Waals surface area contributed by atoms with Gasteiger partial charge >= 0.3 is 6.18 Å². The molecule has 0 aromatic heterocycles. The van der Waals surface area contributed by atoms with Crippen molar-refractivity contribution in [3.8, 4) is 0 Å². The third-order valence-electron chi connectivity index (χ3n) is 2.91. The van der Waals surface area contributed by atoms with Gasteiger partial charge in [-0.3, -0.25) is 4.79 Å². The summed E-state index contributed by atoms with van der Waals surface area (Å²) in [7, 11) is 0. The second-order valence-electron chi connectivity index (χ2n) is 5.67. The number of rotatable bonds is 3. The van der Waals surface area contributed by atoms with Crippen molar-refractivity contribution < 1.29 is 23.1 Å². The number of hydrogen-bond acceptors (Lipinski definition) is 2. The van der Waals surface area contributed by atoms with Gasteiger partial charge < -0.3 is 10.4 Å². The fraction of sp³-hybridized carbons (Fsp3) is 0.500. The summed E-state index contributed by atoms with van der Waals surface area (Å²) in [6.45, 7) is 5.38. The van der Waals surface area contributed by atoms with Crippen molar-refractivity contribution in [2.75, 3.05) is 6.54 Å². The van der Waals surface area contributed by atoms with Gasteiger partial charge in [-0.15, -0.1) is 0 Å². The lowest BCUT2D eigenvalue weighted by molar-refractivity contribution is -0.137. The Kier molecular flexibility index (Phi) is 4.81. The molecule has 1 rings (SSSR count). The second-order valence-corrected chi connectivity index (χ2v) is 5.67. The lowest BCUT2D eigenvalue weighted by Gasteiger charge is -2.25. The molecule has 0 aliphatic carbocycles. The molecule has 112 valence electrons. The first-order valence-corrected chi connectivity index (χ1v) is 6.15. The third-order valence-corrected chi connectivity index (χ3v) is 2.91. The van der Waals surface area contributed by atoms with Crippen molar-refractivity contribution in [1.82, 2.24) is 5.32 Å². The van der Waals surface area contributed by atoms with Crippen molar-refractivity contribution in [3.63, 3.8) is 0 Å². The monoisotopic (exact) mass is 289 g/mol. The van der Waals surface area contributed by atoms with Gasteiger partial charge in [0.05, 0.1) is 11.7 Å². The summed E-state index contributed by atoms with van der Waals surface area (Å²) in [5.74, 6) is -0.639. The van der Waals surface area contributed by atoms with Crippen molar-refractivity contribution in [3.05, 3.63) is 35.4 Å². The second kappa shape index (κ2) is 5.83. The maximum atomic E-state index is 12.5. The predicted molar refractivity (Wildman–Crippen MR) is 69.2 cm³/mol. The van der Waals surface area contributed by atoms with Crippen LogP contribution in [-0.2, 0) is 6.18 Å². The van der Waals surface area contributed by atoms with Gasteiger partial charge in [0, 0.05) is 12.1 Å². The van der Waals surface area contributed by atoms with E-state index in [9.17, 15) is 23.1 Å². The van der Waals surface area contributed by atoms with Gasteiger partial charge in [-0.1, -0.05) is 26.8 Å². The maximum absolute atomic E-state index is 12.5. The number of nitrogens with one attached hydrogen (secondary N) is 1. The Hall–Kier alpha value is -1.56. The van der Waals surface area contributed by atoms with E-state index in [-0.39, 0.29) is 12.1 Å². The number of halogens is 3. The molecule has 1 aromatic rings. The molecule has 0 heterocycles. The molecule has 0 bridgehead atoms. The number of hydrogen-bond donors (Lipinski definition) is 2. The number of alkyl halides is 3. The van der Waals surface area contributed by atoms with E-state index in [0.29, 0.717) is 0 Å². The summed E-state index contributed by atoms with van der Waals surface area (Å²) in [4.78, 5) is 11.8. The Morgan fingerprint density at radius 1 is 1.30 bits per heavy atom. The van der Waals surface area contributed by atoms with Crippen LogP contribution in [0.25, 0.3) is 0 Å². The Bertz CT molecular complexity index is 478. The van der Waals surface area contributed by atoms with Gasteiger partial charge in [-0.25, -0.2) is 0 Å². The minimum absolute atomic E-state index is 0.0153. The number of carbonyl (C=O) groups excluding carboxylic acids is 1. The highest BCUT2D eigenvalue weighted by Gasteiger charge is 2.31. The van der Waals surface area contributed by atoms with Gasteiger partial charge in [0.1, 0.15) is 0 Å². The average molecular weight is 289 g/mol. The topological polar surface area (TPSA) is 49.3 Å². The molecule has 6 heteroatoms. The van der Waals surface area contributed by atoms with E-state index in [0.717, 1.165) is 12.1 Å². The van der Waals surface area contributed by atoms with E-state index in [1.807, 2.05) is 0 Å². The number of aliphatic hydroxyl groups excluding tert-OH is 1. The summed E-state index contributed by atoms with van der Waals surface area (Å²) in [6, 6.07) is 4.17. The van der Waals surface area contributed by atoms with Crippen molar-refractivity contribution in [1.29, 1.82) is 0 Å². The zero-order valence-corrected chi connectivity index (χ0v) is 11.6. The van der Waals surface area contributed by atoms with Gasteiger partial charge in [-0.05, 0) is 23.6 Å². The lowest BCUT2D eigenvalue weighted by Crippen LogP contribution is -2.39. The van der Waals surface area contributed by atoms with Crippen LogP contribution in [0, 0.1) is 5.41 Å². The summed E-state index contributed by atoms with van der Waals surface area (Å²) >= 11 is 0. The SMILES string of the molecule is CC(C)(C)C(O)CNC(=O)c1cccc(C(F)(F)F)c1. The van der Waals surface area contributed by atoms with Crippen LogP contribution in [-0.4, -0.2) is 23.7 Å². The van der Waals surface area contributed by atoms with Gasteiger partial charge in [0.15, 0.2) is 0 Å². The van der Waals surface area contributed by atoms with Crippen LogP contribution in [0.5, 0.6) is 0 Å².